The van der Waals surface area contributed by atoms with E-state index in [2.05, 4.69) is 10.6 Å². The number of hydrogen-bond acceptors (Lipinski definition) is 5. The first-order valence-electron chi connectivity index (χ1n) is 8.07. The predicted octanol–water partition coefficient (Wildman–Crippen LogP) is 2.85. The molecule has 1 aliphatic carbocycles. The molecule has 24 heavy (non-hydrogen) atoms. The number of hydrogen-bond donors (Lipinski definition) is 2. The van der Waals surface area contributed by atoms with Crippen LogP contribution in [0, 0.1) is 0 Å². The van der Waals surface area contributed by atoms with Gasteiger partial charge in [-0.1, -0.05) is 19.3 Å². The minimum Gasteiger partial charge on any atom is -0.449 e. The van der Waals surface area contributed by atoms with Crippen LogP contribution in [0.4, 0.5) is 4.79 Å². The maximum absolute atomic E-state index is 11.9. The van der Waals surface area contributed by atoms with Crippen molar-refractivity contribution in [1.82, 2.24) is 10.6 Å². The van der Waals surface area contributed by atoms with Crippen LogP contribution in [-0.4, -0.2) is 30.1 Å². The highest BCUT2D eigenvalue weighted by Gasteiger charge is 2.21. The summed E-state index contributed by atoms with van der Waals surface area (Å²) < 4.78 is 4.99. The Kier molecular flexibility index (Phi) is 6.99. The molecule has 6 nitrogen and oxygen atoms in total. The van der Waals surface area contributed by atoms with Crippen molar-refractivity contribution in [3.63, 3.8) is 0 Å². The van der Waals surface area contributed by atoms with Crippen LogP contribution in [0.3, 0.4) is 0 Å². The molecule has 1 atom stereocenters. The molecule has 3 amide bonds. The fourth-order valence-electron chi connectivity index (χ4n) is 2.48. The van der Waals surface area contributed by atoms with E-state index in [1.54, 1.807) is 6.08 Å². The number of carbonyl (C=O) groups excluding carboxylic acids is 3. The molecule has 7 heteroatoms. The van der Waals surface area contributed by atoms with Gasteiger partial charge in [0.2, 0.25) is 0 Å². The van der Waals surface area contributed by atoms with Gasteiger partial charge in [-0.25, -0.2) is 9.59 Å². The summed E-state index contributed by atoms with van der Waals surface area (Å²) in [5, 5.41) is 8.77. The third-order valence-electron chi connectivity index (χ3n) is 3.79. The van der Waals surface area contributed by atoms with Gasteiger partial charge in [0, 0.05) is 12.1 Å². The normalized spacial score (nSPS) is 16.5. The van der Waals surface area contributed by atoms with Crippen LogP contribution in [0.15, 0.2) is 22.9 Å². The number of urea groups is 1. The highest BCUT2D eigenvalue weighted by molar-refractivity contribution is 7.08. The number of carbonyl (C=O) groups is 3. The number of nitrogens with one attached hydrogen (secondary N) is 2. The first-order valence-corrected chi connectivity index (χ1v) is 9.01. The summed E-state index contributed by atoms with van der Waals surface area (Å²) in [5.41, 5.74) is 0.890. The van der Waals surface area contributed by atoms with Crippen LogP contribution >= 0.6 is 11.3 Å². The van der Waals surface area contributed by atoms with Gasteiger partial charge in [0.15, 0.2) is 6.10 Å². The summed E-state index contributed by atoms with van der Waals surface area (Å²) in [6.07, 6.45) is 7.05. The molecule has 0 saturated heterocycles. The van der Waals surface area contributed by atoms with Crippen LogP contribution in [-0.2, 0) is 14.3 Å². The van der Waals surface area contributed by atoms with Crippen molar-refractivity contribution in [3.8, 4) is 0 Å². The second-order valence-electron chi connectivity index (χ2n) is 5.77. The van der Waals surface area contributed by atoms with Crippen molar-refractivity contribution in [2.75, 3.05) is 0 Å². The van der Waals surface area contributed by atoms with Crippen molar-refractivity contribution in [2.24, 2.45) is 0 Å². The standard InChI is InChI=1S/C17H22N2O4S/c1-12(23-15(20)8-7-13-9-10-24-11-13)16(21)19-17(22)18-14-5-3-2-4-6-14/h7-12,14H,2-6H2,1H3,(H2,18,19,21,22)/b8-7+/t12-/m0/s1. The summed E-state index contributed by atoms with van der Waals surface area (Å²) >= 11 is 1.52. The lowest BCUT2D eigenvalue weighted by Crippen LogP contribution is -2.48. The predicted molar refractivity (Wildman–Crippen MR) is 92.5 cm³/mol. The van der Waals surface area contributed by atoms with Gasteiger partial charge in [-0.2, -0.15) is 11.3 Å². The van der Waals surface area contributed by atoms with Crippen molar-refractivity contribution < 1.29 is 19.1 Å². The Morgan fingerprint density at radius 3 is 2.71 bits per heavy atom. The molecule has 2 rings (SSSR count). The van der Waals surface area contributed by atoms with Crippen LogP contribution in [0.1, 0.15) is 44.6 Å². The van der Waals surface area contributed by atoms with Gasteiger partial charge in [0.1, 0.15) is 0 Å². The fourth-order valence-corrected chi connectivity index (χ4v) is 3.11. The van der Waals surface area contributed by atoms with Crippen LogP contribution in [0.25, 0.3) is 6.08 Å². The van der Waals surface area contributed by atoms with E-state index in [0.29, 0.717) is 0 Å². The SMILES string of the molecule is C[C@H](OC(=O)/C=C/c1ccsc1)C(=O)NC(=O)NC1CCCCC1. The van der Waals surface area contributed by atoms with E-state index >= 15 is 0 Å². The molecule has 1 heterocycles. The van der Waals surface area contributed by atoms with E-state index < -0.39 is 24.0 Å². The topological polar surface area (TPSA) is 84.5 Å². The lowest BCUT2D eigenvalue weighted by atomic mass is 9.96. The second-order valence-corrected chi connectivity index (χ2v) is 6.55. The number of amides is 3. The summed E-state index contributed by atoms with van der Waals surface area (Å²) in [4.78, 5) is 35.4. The molecule has 0 radical (unpaired) electrons. The molecule has 0 aromatic carbocycles. The minimum atomic E-state index is -1.04. The lowest BCUT2D eigenvalue weighted by molar-refractivity contribution is -0.149. The summed E-state index contributed by atoms with van der Waals surface area (Å²) in [6, 6.07) is 1.43. The first kappa shape index (κ1) is 18.2. The van der Waals surface area contributed by atoms with E-state index in [0.717, 1.165) is 31.2 Å². The van der Waals surface area contributed by atoms with Gasteiger partial charge in [0.05, 0.1) is 0 Å². The largest absolute Gasteiger partial charge is 0.449 e. The molecule has 1 aromatic heterocycles. The Hall–Kier alpha value is -2.15. The molecular formula is C17H22N2O4S. The number of imide groups is 1. The molecule has 0 spiro atoms. The van der Waals surface area contributed by atoms with E-state index in [1.165, 1.54) is 30.8 Å². The maximum atomic E-state index is 11.9. The lowest BCUT2D eigenvalue weighted by Gasteiger charge is -2.23. The van der Waals surface area contributed by atoms with E-state index in [9.17, 15) is 14.4 Å². The van der Waals surface area contributed by atoms with Crippen molar-refractivity contribution in [1.29, 1.82) is 0 Å². The van der Waals surface area contributed by atoms with Gasteiger partial charge in [-0.05, 0) is 48.2 Å². The maximum Gasteiger partial charge on any atom is 0.331 e. The van der Waals surface area contributed by atoms with Gasteiger partial charge in [-0.15, -0.1) is 0 Å². The van der Waals surface area contributed by atoms with E-state index in [4.69, 9.17) is 4.74 Å². The minimum absolute atomic E-state index is 0.109. The second kappa shape index (κ2) is 9.22. The van der Waals surface area contributed by atoms with Crippen LogP contribution < -0.4 is 10.6 Å². The quantitative estimate of drug-likeness (QED) is 0.632. The monoisotopic (exact) mass is 350 g/mol. The Morgan fingerprint density at radius 1 is 1.29 bits per heavy atom. The average molecular weight is 350 g/mol. The average Bonchev–Trinajstić information content (AvgIpc) is 3.07. The molecule has 0 unspecified atom stereocenters. The Morgan fingerprint density at radius 2 is 2.04 bits per heavy atom. The summed E-state index contributed by atoms with van der Waals surface area (Å²) in [7, 11) is 0. The molecular weight excluding hydrogens is 328 g/mol. The number of esters is 1. The van der Waals surface area contributed by atoms with E-state index in [1.807, 2.05) is 16.8 Å². The van der Waals surface area contributed by atoms with Crippen molar-refractivity contribution in [2.45, 2.75) is 51.2 Å². The van der Waals surface area contributed by atoms with Crippen LogP contribution in [0.2, 0.25) is 0 Å². The Bertz CT molecular complexity index is 592. The molecule has 0 bridgehead atoms. The number of rotatable bonds is 5. The molecule has 130 valence electrons. The first-order chi connectivity index (χ1) is 11.5. The smallest absolute Gasteiger partial charge is 0.331 e. The highest BCUT2D eigenvalue weighted by atomic mass is 32.1. The summed E-state index contributed by atoms with van der Waals surface area (Å²) in [5.74, 6) is -1.27. The molecule has 0 aliphatic heterocycles. The van der Waals surface area contributed by atoms with Gasteiger partial charge in [0.25, 0.3) is 5.91 Å². The van der Waals surface area contributed by atoms with Gasteiger partial charge in [-0.3, -0.25) is 10.1 Å². The number of thiophene rings is 1. The number of ether oxygens (including phenoxy) is 1. The summed E-state index contributed by atoms with van der Waals surface area (Å²) in [6.45, 7) is 1.43. The van der Waals surface area contributed by atoms with Gasteiger partial charge >= 0.3 is 12.0 Å². The van der Waals surface area contributed by atoms with Crippen LogP contribution in [0.5, 0.6) is 0 Å². The zero-order chi connectivity index (χ0) is 17.4. The molecule has 1 aliphatic rings. The zero-order valence-electron chi connectivity index (χ0n) is 13.6. The third kappa shape index (κ3) is 6.16. The fraction of sp³-hybridized carbons (Fsp3) is 0.471. The van der Waals surface area contributed by atoms with E-state index in [-0.39, 0.29) is 6.04 Å². The molecule has 1 saturated carbocycles. The Balaban J connectivity index is 1.72. The Labute approximate surface area is 145 Å². The zero-order valence-corrected chi connectivity index (χ0v) is 14.4. The third-order valence-corrected chi connectivity index (χ3v) is 4.50. The van der Waals surface area contributed by atoms with Gasteiger partial charge < -0.3 is 10.1 Å². The molecule has 1 aromatic rings. The highest BCUT2D eigenvalue weighted by Crippen LogP contribution is 2.17. The van der Waals surface area contributed by atoms with Crippen molar-refractivity contribution >= 4 is 35.3 Å². The molecule has 2 N–H and O–H groups in total. The molecule has 1 fully saturated rings. The van der Waals surface area contributed by atoms with Crippen molar-refractivity contribution in [3.05, 3.63) is 28.5 Å².